The number of benzene rings is 2. The maximum atomic E-state index is 13.9. The highest BCUT2D eigenvalue weighted by molar-refractivity contribution is 7.89. The van der Waals surface area contributed by atoms with E-state index in [0.29, 0.717) is 39.0 Å². The Balaban J connectivity index is 1.67. The Bertz CT molecular complexity index is 1910. The number of hydrogen-bond donors (Lipinski definition) is 2. The first-order chi connectivity index (χ1) is 19.0. The van der Waals surface area contributed by atoms with E-state index in [9.17, 15) is 18.0 Å². The Kier molecular flexibility index (Phi) is 7.17. The molecule has 10 nitrogen and oxygen atoms in total. The largest absolute Gasteiger partial charge is 0.455 e. The SMILES string of the molecule is Cc1cc([C@@H](C)Nc2ccc(Cl)nc2C(=O)NS(C)(=O)=O)c2oc(-c3ccccc3)c(-c3cnoc3)c(=O)c2c1. The lowest BCUT2D eigenvalue weighted by atomic mass is 9.96. The third-order valence-corrected chi connectivity index (χ3v) is 6.88. The zero-order chi connectivity index (χ0) is 28.6. The molecule has 2 N–H and O–H groups in total. The summed E-state index contributed by atoms with van der Waals surface area (Å²) in [6.45, 7) is 3.67. The number of rotatable bonds is 7. The van der Waals surface area contributed by atoms with Crippen molar-refractivity contribution < 1.29 is 22.2 Å². The minimum atomic E-state index is -3.85. The second-order valence-corrected chi connectivity index (χ2v) is 11.4. The number of carbonyl (C=O) groups is 1. The molecule has 0 aliphatic rings. The summed E-state index contributed by atoms with van der Waals surface area (Å²) in [5, 5.41) is 7.32. The van der Waals surface area contributed by atoms with Gasteiger partial charge in [-0.2, -0.15) is 0 Å². The molecular weight excluding hydrogens is 556 g/mol. The topological polar surface area (TPSA) is 144 Å². The quantitative estimate of drug-likeness (QED) is 0.245. The summed E-state index contributed by atoms with van der Waals surface area (Å²) in [7, 11) is -3.85. The number of halogens is 1. The lowest BCUT2D eigenvalue weighted by molar-refractivity contribution is 0.0977. The predicted octanol–water partition coefficient (Wildman–Crippen LogP) is 5.33. The van der Waals surface area contributed by atoms with Crippen LogP contribution in [-0.2, 0) is 10.0 Å². The highest BCUT2D eigenvalue weighted by Crippen LogP contribution is 2.36. The van der Waals surface area contributed by atoms with Crippen LogP contribution < -0.4 is 15.5 Å². The van der Waals surface area contributed by atoms with E-state index in [0.717, 1.165) is 11.8 Å². The molecule has 0 aliphatic heterocycles. The van der Waals surface area contributed by atoms with Crippen molar-refractivity contribution in [2.75, 3.05) is 11.6 Å². The number of aromatic nitrogens is 2. The van der Waals surface area contributed by atoms with Crippen LogP contribution in [0.5, 0.6) is 0 Å². The van der Waals surface area contributed by atoms with Crippen molar-refractivity contribution in [3.05, 3.63) is 99.3 Å². The first kappa shape index (κ1) is 27.1. The standard InChI is InChI=1S/C28H23ClN4O6S/c1-15-11-19(16(2)31-21-9-10-22(29)32-24(21)28(35)33-40(3,36)37)27-20(12-15)25(34)23(18-13-30-38-14-18)26(39-27)17-7-5-4-6-8-17/h4-14,16,31H,1-3H3,(H,33,35)/t16-/m1/s1. The fraction of sp³-hybridized carbons (Fsp3) is 0.143. The fourth-order valence-corrected chi connectivity index (χ4v) is 5.01. The molecule has 5 aromatic rings. The van der Waals surface area contributed by atoms with Gasteiger partial charge in [-0.3, -0.25) is 9.59 Å². The van der Waals surface area contributed by atoms with Crippen molar-refractivity contribution in [2.24, 2.45) is 0 Å². The van der Waals surface area contributed by atoms with Crippen LogP contribution >= 0.6 is 11.6 Å². The first-order valence-corrected chi connectivity index (χ1v) is 14.3. The van der Waals surface area contributed by atoms with Gasteiger partial charge in [0.1, 0.15) is 22.8 Å². The molecule has 1 atom stereocenters. The summed E-state index contributed by atoms with van der Waals surface area (Å²) in [5.41, 5.74) is 3.03. The molecule has 0 unspecified atom stereocenters. The zero-order valence-corrected chi connectivity index (χ0v) is 23.1. The molecule has 0 aliphatic carbocycles. The average molecular weight is 579 g/mol. The Morgan fingerprint density at radius 1 is 1.07 bits per heavy atom. The van der Waals surface area contributed by atoms with Crippen molar-refractivity contribution >= 4 is 44.2 Å². The summed E-state index contributed by atoms with van der Waals surface area (Å²) in [5.74, 6) is -0.593. The smallest absolute Gasteiger partial charge is 0.285 e. The molecule has 0 radical (unpaired) electrons. The minimum Gasteiger partial charge on any atom is -0.455 e. The maximum absolute atomic E-state index is 13.9. The molecular formula is C28H23ClN4O6S. The molecule has 0 spiro atoms. The molecule has 0 bridgehead atoms. The summed E-state index contributed by atoms with van der Waals surface area (Å²) in [4.78, 5) is 30.7. The van der Waals surface area contributed by atoms with Crippen LogP contribution in [0.1, 0.15) is 34.6 Å². The molecule has 5 rings (SSSR count). The van der Waals surface area contributed by atoms with Crippen LogP contribution in [0.3, 0.4) is 0 Å². The molecule has 40 heavy (non-hydrogen) atoms. The van der Waals surface area contributed by atoms with Crippen LogP contribution in [0.25, 0.3) is 33.4 Å². The van der Waals surface area contributed by atoms with E-state index >= 15 is 0 Å². The van der Waals surface area contributed by atoms with E-state index in [1.165, 1.54) is 24.6 Å². The maximum Gasteiger partial charge on any atom is 0.285 e. The Morgan fingerprint density at radius 2 is 1.82 bits per heavy atom. The zero-order valence-electron chi connectivity index (χ0n) is 21.6. The van der Waals surface area contributed by atoms with Crippen LogP contribution in [-0.4, -0.2) is 30.7 Å². The Labute approximate surface area is 234 Å². The van der Waals surface area contributed by atoms with Gasteiger partial charge < -0.3 is 14.3 Å². The van der Waals surface area contributed by atoms with Gasteiger partial charge in [-0.05, 0) is 37.6 Å². The van der Waals surface area contributed by atoms with Crippen molar-refractivity contribution in [2.45, 2.75) is 19.9 Å². The van der Waals surface area contributed by atoms with Gasteiger partial charge in [0.25, 0.3) is 5.91 Å². The minimum absolute atomic E-state index is 0.0117. The first-order valence-electron chi connectivity index (χ1n) is 12.0. The van der Waals surface area contributed by atoms with Crippen molar-refractivity contribution in [3.63, 3.8) is 0 Å². The highest BCUT2D eigenvalue weighted by Gasteiger charge is 2.24. The number of carbonyl (C=O) groups excluding carboxylic acids is 1. The average Bonchev–Trinajstić information content (AvgIpc) is 3.43. The molecule has 204 valence electrons. The monoisotopic (exact) mass is 578 g/mol. The van der Waals surface area contributed by atoms with Crippen molar-refractivity contribution in [1.29, 1.82) is 0 Å². The number of fused-ring (bicyclic) bond motifs is 1. The van der Waals surface area contributed by atoms with Gasteiger partial charge in [0.15, 0.2) is 5.69 Å². The van der Waals surface area contributed by atoms with Crippen molar-refractivity contribution in [3.8, 4) is 22.5 Å². The molecule has 0 saturated heterocycles. The van der Waals surface area contributed by atoms with Gasteiger partial charge in [-0.1, -0.05) is 53.2 Å². The van der Waals surface area contributed by atoms with E-state index in [2.05, 4.69) is 15.5 Å². The lowest BCUT2D eigenvalue weighted by Gasteiger charge is -2.20. The summed E-state index contributed by atoms with van der Waals surface area (Å²) in [6, 6.07) is 15.3. The molecule has 12 heteroatoms. The number of aryl methyl sites for hydroxylation is 1. The fourth-order valence-electron chi connectivity index (χ4n) is 4.43. The molecule has 0 fully saturated rings. The van der Waals surface area contributed by atoms with Gasteiger partial charge in [0.2, 0.25) is 15.5 Å². The Morgan fingerprint density at radius 3 is 2.50 bits per heavy atom. The van der Waals surface area contributed by atoms with Crippen LogP contribution in [0, 0.1) is 6.92 Å². The normalized spacial score (nSPS) is 12.3. The molecule has 2 aromatic carbocycles. The summed E-state index contributed by atoms with van der Waals surface area (Å²) < 4.78 is 36.8. The second-order valence-electron chi connectivity index (χ2n) is 9.24. The second kappa shape index (κ2) is 10.6. The number of nitrogens with zero attached hydrogens (tertiary/aromatic N) is 2. The third-order valence-electron chi connectivity index (χ3n) is 6.11. The van der Waals surface area contributed by atoms with E-state index in [1.54, 1.807) is 6.07 Å². The van der Waals surface area contributed by atoms with E-state index in [4.69, 9.17) is 20.5 Å². The lowest BCUT2D eigenvalue weighted by Crippen LogP contribution is -2.31. The number of pyridine rings is 1. The number of nitrogens with one attached hydrogen (secondary N) is 2. The van der Waals surface area contributed by atoms with E-state index in [-0.39, 0.29) is 22.0 Å². The Hall–Kier alpha value is -4.48. The number of anilines is 1. The third kappa shape index (κ3) is 5.47. The van der Waals surface area contributed by atoms with Gasteiger partial charge in [0.05, 0.1) is 35.1 Å². The van der Waals surface area contributed by atoms with Crippen molar-refractivity contribution in [1.82, 2.24) is 14.9 Å². The highest BCUT2D eigenvalue weighted by atomic mass is 35.5. The summed E-state index contributed by atoms with van der Waals surface area (Å²) >= 11 is 6.01. The van der Waals surface area contributed by atoms with E-state index in [1.807, 2.05) is 55.0 Å². The van der Waals surface area contributed by atoms with Crippen LogP contribution in [0.2, 0.25) is 5.15 Å². The van der Waals surface area contributed by atoms with E-state index < -0.39 is 22.0 Å². The number of hydrogen-bond acceptors (Lipinski definition) is 9. The number of sulfonamides is 1. The van der Waals surface area contributed by atoms with Crippen LogP contribution in [0.4, 0.5) is 5.69 Å². The van der Waals surface area contributed by atoms with Gasteiger partial charge >= 0.3 is 0 Å². The summed E-state index contributed by atoms with van der Waals surface area (Å²) in [6.07, 6.45) is 3.72. The molecule has 3 aromatic heterocycles. The molecule has 3 heterocycles. The predicted molar refractivity (Wildman–Crippen MR) is 152 cm³/mol. The molecule has 0 saturated carbocycles. The van der Waals surface area contributed by atoms with Gasteiger partial charge in [-0.25, -0.2) is 18.1 Å². The van der Waals surface area contributed by atoms with Crippen LogP contribution in [0.15, 0.2) is 80.8 Å². The van der Waals surface area contributed by atoms with Gasteiger partial charge in [0, 0.05) is 16.7 Å². The molecule has 1 amide bonds. The van der Waals surface area contributed by atoms with Gasteiger partial charge in [-0.15, -0.1) is 0 Å². The number of amides is 1.